The first-order chi connectivity index (χ1) is 10.4. The number of aryl methyl sites for hydroxylation is 3. The van der Waals surface area contributed by atoms with E-state index < -0.39 is 11.4 Å². The molecule has 0 atom stereocenters. The maximum Gasteiger partial charge on any atom is 0.311 e. The highest BCUT2D eigenvalue weighted by Gasteiger charge is 2.40. The Balaban J connectivity index is 2.14. The zero-order valence-electron chi connectivity index (χ0n) is 13.4. The van der Waals surface area contributed by atoms with Gasteiger partial charge < -0.3 is 15.2 Å². The highest BCUT2D eigenvalue weighted by Crippen LogP contribution is 2.30. The number of hydrogen-bond donors (Lipinski definition) is 2. The molecule has 5 heteroatoms. The third-order valence-corrected chi connectivity index (χ3v) is 4.40. The summed E-state index contributed by atoms with van der Waals surface area (Å²) in [4.78, 5) is 24.1. The number of carboxylic acid groups (broad SMARTS) is 1. The second kappa shape index (κ2) is 6.48. The van der Waals surface area contributed by atoms with Gasteiger partial charge in [0.15, 0.2) is 0 Å². The number of carbonyl (C=O) groups is 2. The Morgan fingerprint density at radius 2 is 1.73 bits per heavy atom. The summed E-state index contributed by atoms with van der Waals surface area (Å²) in [6.07, 6.45) is 0.850. The molecule has 0 saturated carbocycles. The lowest BCUT2D eigenvalue weighted by atomic mass is 9.80. The van der Waals surface area contributed by atoms with Gasteiger partial charge >= 0.3 is 5.97 Å². The van der Waals surface area contributed by atoms with E-state index >= 15 is 0 Å². The van der Waals surface area contributed by atoms with Crippen LogP contribution >= 0.6 is 0 Å². The van der Waals surface area contributed by atoms with Gasteiger partial charge in [-0.3, -0.25) is 9.59 Å². The first-order valence-electron chi connectivity index (χ1n) is 7.53. The second-order valence-corrected chi connectivity index (χ2v) is 6.15. The molecule has 120 valence electrons. The number of amides is 1. The number of nitrogens with one attached hydrogen (secondary N) is 1. The van der Waals surface area contributed by atoms with Crippen LogP contribution in [0.3, 0.4) is 0 Å². The van der Waals surface area contributed by atoms with Gasteiger partial charge in [-0.25, -0.2) is 0 Å². The number of carbonyl (C=O) groups excluding carboxylic acids is 1. The van der Waals surface area contributed by atoms with Crippen molar-refractivity contribution in [3.05, 3.63) is 34.4 Å². The first-order valence-corrected chi connectivity index (χ1v) is 7.53. The molecule has 22 heavy (non-hydrogen) atoms. The van der Waals surface area contributed by atoms with Crippen molar-refractivity contribution in [2.24, 2.45) is 5.41 Å². The molecule has 1 fully saturated rings. The van der Waals surface area contributed by atoms with Crippen molar-refractivity contribution in [1.82, 2.24) is 5.32 Å². The third kappa shape index (κ3) is 3.30. The average molecular weight is 305 g/mol. The van der Waals surface area contributed by atoms with Crippen molar-refractivity contribution in [3.8, 4) is 0 Å². The summed E-state index contributed by atoms with van der Waals surface area (Å²) in [7, 11) is 0. The van der Waals surface area contributed by atoms with Crippen molar-refractivity contribution in [1.29, 1.82) is 0 Å². The highest BCUT2D eigenvalue weighted by atomic mass is 16.5. The Labute approximate surface area is 130 Å². The number of aliphatic carboxylic acids is 1. The summed E-state index contributed by atoms with van der Waals surface area (Å²) in [5, 5.41) is 12.3. The van der Waals surface area contributed by atoms with E-state index in [0.29, 0.717) is 31.6 Å². The SMILES string of the molecule is Cc1cc(C)c(C(=O)NCC2(C(=O)O)CCOCC2)c(C)c1. The lowest BCUT2D eigenvalue weighted by Crippen LogP contribution is -2.46. The van der Waals surface area contributed by atoms with Gasteiger partial charge in [-0.05, 0) is 44.7 Å². The van der Waals surface area contributed by atoms with Crippen LogP contribution in [0.1, 0.15) is 39.9 Å². The minimum Gasteiger partial charge on any atom is -0.481 e. The van der Waals surface area contributed by atoms with Gasteiger partial charge in [0.2, 0.25) is 0 Å². The van der Waals surface area contributed by atoms with Crippen LogP contribution in [-0.2, 0) is 9.53 Å². The van der Waals surface area contributed by atoms with E-state index in [1.54, 1.807) is 0 Å². The van der Waals surface area contributed by atoms with Gasteiger partial charge in [0, 0.05) is 25.3 Å². The van der Waals surface area contributed by atoms with Crippen molar-refractivity contribution < 1.29 is 19.4 Å². The maximum absolute atomic E-state index is 12.5. The molecule has 1 aromatic carbocycles. The predicted molar refractivity (Wildman–Crippen MR) is 83.1 cm³/mol. The molecular weight excluding hydrogens is 282 g/mol. The number of rotatable bonds is 4. The van der Waals surface area contributed by atoms with E-state index in [-0.39, 0.29) is 12.5 Å². The smallest absolute Gasteiger partial charge is 0.311 e. The predicted octanol–water partition coefficient (Wildman–Crippen LogP) is 2.22. The molecule has 0 bridgehead atoms. The average Bonchev–Trinajstić information content (AvgIpc) is 2.45. The molecule has 1 aromatic rings. The van der Waals surface area contributed by atoms with E-state index in [1.807, 2.05) is 32.9 Å². The van der Waals surface area contributed by atoms with Crippen LogP contribution in [0.4, 0.5) is 0 Å². The number of benzene rings is 1. The molecule has 1 aliphatic heterocycles. The molecule has 2 N–H and O–H groups in total. The van der Waals surface area contributed by atoms with E-state index in [1.165, 1.54) is 0 Å². The third-order valence-electron chi connectivity index (χ3n) is 4.40. The van der Waals surface area contributed by atoms with E-state index in [2.05, 4.69) is 5.32 Å². The van der Waals surface area contributed by atoms with Crippen molar-refractivity contribution in [2.45, 2.75) is 33.6 Å². The molecule has 0 aliphatic carbocycles. The molecule has 1 heterocycles. The molecule has 0 spiro atoms. The Kier molecular flexibility index (Phi) is 4.86. The fourth-order valence-electron chi connectivity index (χ4n) is 3.10. The number of carboxylic acids is 1. The second-order valence-electron chi connectivity index (χ2n) is 6.15. The monoisotopic (exact) mass is 305 g/mol. The fraction of sp³-hybridized carbons (Fsp3) is 0.529. The lowest BCUT2D eigenvalue weighted by molar-refractivity contribution is -0.154. The lowest BCUT2D eigenvalue weighted by Gasteiger charge is -2.33. The minimum atomic E-state index is -0.916. The molecule has 1 amide bonds. The van der Waals surface area contributed by atoms with Crippen LogP contribution in [-0.4, -0.2) is 36.7 Å². The summed E-state index contributed by atoms with van der Waals surface area (Å²) in [5.41, 5.74) is 2.65. The minimum absolute atomic E-state index is 0.136. The van der Waals surface area contributed by atoms with Gasteiger partial charge in [0.05, 0.1) is 5.41 Å². The molecule has 0 aromatic heterocycles. The standard InChI is InChI=1S/C17H23NO4/c1-11-8-12(2)14(13(3)9-11)15(19)18-10-17(16(20)21)4-6-22-7-5-17/h8-9H,4-7,10H2,1-3H3,(H,18,19)(H,20,21). The fourth-order valence-corrected chi connectivity index (χ4v) is 3.10. The van der Waals surface area contributed by atoms with Crippen LogP contribution in [0.5, 0.6) is 0 Å². The molecular formula is C17H23NO4. The summed E-state index contributed by atoms with van der Waals surface area (Å²) in [5.74, 6) is -1.07. The van der Waals surface area contributed by atoms with Crippen LogP contribution < -0.4 is 5.32 Å². The number of hydrogen-bond acceptors (Lipinski definition) is 3. The summed E-state index contributed by atoms with van der Waals surface area (Å²) >= 11 is 0. The van der Waals surface area contributed by atoms with Gasteiger partial charge in [0.25, 0.3) is 5.91 Å². The topological polar surface area (TPSA) is 75.6 Å². The summed E-state index contributed by atoms with van der Waals surface area (Å²) in [6.45, 7) is 6.77. The van der Waals surface area contributed by atoms with Gasteiger partial charge in [-0.2, -0.15) is 0 Å². The molecule has 5 nitrogen and oxygen atoms in total. The van der Waals surface area contributed by atoms with Crippen LogP contribution in [0, 0.1) is 26.2 Å². The molecule has 2 rings (SSSR count). The quantitative estimate of drug-likeness (QED) is 0.894. The van der Waals surface area contributed by atoms with E-state index in [0.717, 1.165) is 16.7 Å². The van der Waals surface area contributed by atoms with Crippen molar-refractivity contribution >= 4 is 11.9 Å². The molecule has 0 unspecified atom stereocenters. The Hall–Kier alpha value is -1.88. The zero-order valence-corrected chi connectivity index (χ0v) is 13.4. The van der Waals surface area contributed by atoms with Gasteiger partial charge in [-0.1, -0.05) is 17.7 Å². The van der Waals surface area contributed by atoms with E-state index in [4.69, 9.17) is 4.74 Å². The Bertz CT molecular complexity index is 565. The molecule has 1 aliphatic rings. The normalized spacial score (nSPS) is 17.0. The van der Waals surface area contributed by atoms with Gasteiger partial charge in [-0.15, -0.1) is 0 Å². The zero-order chi connectivity index (χ0) is 16.3. The number of ether oxygens (including phenoxy) is 1. The van der Waals surface area contributed by atoms with Crippen LogP contribution in [0.2, 0.25) is 0 Å². The maximum atomic E-state index is 12.5. The van der Waals surface area contributed by atoms with Crippen molar-refractivity contribution in [2.75, 3.05) is 19.8 Å². The molecule has 1 saturated heterocycles. The summed E-state index contributed by atoms with van der Waals surface area (Å²) < 4.78 is 5.24. The Morgan fingerprint density at radius 3 is 2.23 bits per heavy atom. The van der Waals surface area contributed by atoms with E-state index in [9.17, 15) is 14.7 Å². The van der Waals surface area contributed by atoms with Crippen molar-refractivity contribution in [3.63, 3.8) is 0 Å². The first kappa shape index (κ1) is 16.5. The largest absolute Gasteiger partial charge is 0.481 e. The summed E-state index contributed by atoms with van der Waals surface area (Å²) in [6, 6.07) is 3.92. The molecule has 0 radical (unpaired) electrons. The van der Waals surface area contributed by atoms with Crippen LogP contribution in [0.25, 0.3) is 0 Å². The Morgan fingerprint density at radius 1 is 1.18 bits per heavy atom. The van der Waals surface area contributed by atoms with Crippen LogP contribution in [0.15, 0.2) is 12.1 Å². The van der Waals surface area contributed by atoms with Gasteiger partial charge in [0.1, 0.15) is 0 Å². The highest BCUT2D eigenvalue weighted by molar-refractivity contribution is 5.97.